The van der Waals surface area contributed by atoms with Crippen molar-refractivity contribution < 1.29 is 14.7 Å². The van der Waals surface area contributed by atoms with Crippen LogP contribution in [0.15, 0.2) is 10.4 Å². The zero-order chi connectivity index (χ0) is 10.6. The number of halogens is 1. The first-order valence-corrected chi connectivity index (χ1v) is 5.18. The lowest BCUT2D eigenvalue weighted by atomic mass is 10.2. The molecule has 0 aliphatic carbocycles. The first-order chi connectivity index (χ1) is 6.69. The van der Waals surface area contributed by atoms with Gasteiger partial charge in [-0.1, -0.05) is 15.9 Å². The van der Waals surface area contributed by atoms with Crippen LogP contribution in [0.3, 0.4) is 0 Å². The second-order valence-corrected chi connectivity index (χ2v) is 3.44. The van der Waals surface area contributed by atoms with E-state index in [1.54, 1.807) is 5.38 Å². The summed E-state index contributed by atoms with van der Waals surface area (Å²) >= 11 is 4.09. The van der Waals surface area contributed by atoms with Crippen molar-refractivity contribution in [3.8, 4) is 0 Å². The Bertz CT molecular complexity index is 388. The Morgan fingerprint density at radius 1 is 1.71 bits per heavy atom. The third kappa shape index (κ3) is 2.39. The van der Waals surface area contributed by atoms with Crippen LogP contribution < -0.4 is 5.32 Å². The van der Waals surface area contributed by atoms with Crippen LogP contribution in [0.4, 0.5) is 5.13 Å². The fourth-order valence-corrected chi connectivity index (χ4v) is 1.83. The zero-order valence-corrected chi connectivity index (χ0v) is 9.13. The minimum Gasteiger partial charge on any atom is -0.478 e. The SMILES string of the molecule is O=CNc1nc(C(=CBr)C(=O)O)cs1. The number of rotatable bonds is 4. The van der Waals surface area contributed by atoms with Gasteiger partial charge < -0.3 is 10.4 Å². The van der Waals surface area contributed by atoms with E-state index in [1.165, 1.54) is 4.99 Å². The van der Waals surface area contributed by atoms with Crippen LogP contribution in [-0.4, -0.2) is 22.5 Å². The standard InChI is InChI=1S/C7H5BrN2O3S/c8-1-4(6(12)13)5-2-14-7(10-5)9-3-11/h1-3H,(H,12,13)(H,9,10,11). The molecule has 0 radical (unpaired) electrons. The van der Waals surface area contributed by atoms with Crippen LogP contribution in [0.2, 0.25) is 0 Å². The van der Waals surface area contributed by atoms with Crippen molar-refractivity contribution >= 4 is 50.4 Å². The highest BCUT2D eigenvalue weighted by molar-refractivity contribution is 9.11. The third-order valence-electron chi connectivity index (χ3n) is 1.30. The molecule has 1 aromatic rings. The lowest BCUT2D eigenvalue weighted by molar-refractivity contribution is -0.130. The second kappa shape index (κ2) is 4.87. The van der Waals surface area contributed by atoms with E-state index >= 15 is 0 Å². The van der Waals surface area contributed by atoms with Gasteiger partial charge in [-0.15, -0.1) is 11.3 Å². The summed E-state index contributed by atoms with van der Waals surface area (Å²) in [6, 6.07) is 0. The summed E-state index contributed by atoms with van der Waals surface area (Å²) in [7, 11) is 0. The van der Waals surface area contributed by atoms with Crippen LogP contribution in [0, 0.1) is 0 Å². The Kier molecular flexibility index (Phi) is 3.78. The van der Waals surface area contributed by atoms with E-state index in [1.807, 2.05) is 0 Å². The minimum absolute atomic E-state index is 0.0419. The molecule has 0 saturated heterocycles. The molecule has 14 heavy (non-hydrogen) atoms. The van der Waals surface area contributed by atoms with Gasteiger partial charge in [0.2, 0.25) is 6.41 Å². The Morgan fingerprint density at radius 3 is 2.93 bits per heavy atom. The van der Waals surface area contributed by atoms with Crippen molar-refractivity contribution in [3.63, 3.8) is 0 Å². The van der Waals surface area contributed by atoms with Gasteiger partial charge >= 0.3 is 5.97 Å². The molecule has 74 valence electrons. The molecule has 0 atom stereocenters. The van der Waals surface area contributed by atoms with Crippen molar-refractivity contribution in [2.75, 3.05) is 5.32 Å². The number of aromatic nitrogens is 1. The average Bonchev–Trinajstić information content (AvgIpc) is 2.54. The van der Waals surface area contributed by atoms with E-state index in [-0.39, 0.29) is 5.57 Å². The quantitative estimate of drug-likeness (QED) is 0.646. The number of anilines is 1. The molecule has 1 amide bonds. The first kappa shape index (κ1) is 10.9. The Hall–Kier alpha value is -1.21. The van der Waals surface area contributed by atoms with E-state index in [2.05, 4.69) is 26.2 Å². The van der Waals surface area contributed by atoms with Crippen LogP contribution in [0.5, 0.6) is 0 Å². The van der Waals surface area contributed by atoms with Crippen LogP contribution in [0.25, 0.3) is 5.57 Å². The Balaban J connectivity index is 2.95. The highest BCUT2D eigenvalue weighted by Gasteiger charge is 2.13. The molecule has 0 aromatic carbocycles. The van der Waals surface area contributed by atoms with Gasteiger partial charge in [0.15, 0.2) is 5.13 Å². The van der Waals surface area contributed by atoms with Crippen LogP contribution in [0.1, 0.15) is 5.69 Å². The number of amides is 1. The van der Waals surface area contributed by atoms with Gasteiger partial charge in [-0.05, 0) is 4.99 Å². The summed E-state index contributed by atoms with van der Waals surface area (Å²) in [5, 5.41) is 13.0. The number of carbonyl (C=O) groups excluding carboxylic acids is 1. The molecule has 1 rings (SSSR count). The summed E-state index contributed by atoms with van der Waals surface area (Å²) < 4.78 is 0. The van der Waals surface area contributed by atoms with E-state index in [0.717, 1.165) is 11.3 Å². The summed E-state index contributed by atoms with van der Waals surface area (Å²) in [5.74, 6) is -1.08. The topological polar surface area (TPSA) is 79.3 Å². The van der Waals surface area contributed by atoms with Crippen LogP contribution in [-0.2, 0) is 9.59 Å². The number of hydrogen-bond donors (Lipinski definition) is 2. The molecular weight excluding hydrogens is 272 g/mol. The number of aliphatic carboxylic acids is 1. The number of carboxylic acids is 1. The van der Waals surface area contributed by atoms with Gasteiger partial charge in [0, 0.05) is 5.38 Å². The highest BCUT2D eigenvalue weighted by atomic mass is 79.9. The van der Waals surface area contributed by atoms with Gasteiger partial charge in [-0.3, -0.25) is 4.79 Å². The van der Waals surface area contributed by atoms with E-state index < -0.39 is 5.97 Å². The normalized spacial score (nSPS) is 11.1. The van der Waals surface area contributed by atoms with Gasteiger partial charge in [-0.25, -0.2) is 9.78 Å². The molecule has 1 heterocycles. The number of carboxylic acid groups (broad SMARTS) is 1. The largest absolute Gasteiger partial charge is 0.478 e. The zero-order valence-electron chi connectivity index (χ0n) is 6.73. The van der Waals surface area contributed by atoms with Crippen molar-refractivity contribution in [3.05, 3.63) is 16.1 Å². The molecule has 0 aliphatic heterocycles. The molecule has 0 bridgehead atoms. The number of nitrogens with zero attached hydrogens (tertiary/aromatic N) is 1. The molecular formula is C7H5BrN2O3S. The maximum Gasteiger partial charge on any atom is 0.338 e. The number of hydrogen-bond acceptors (Lipinski definition) is 4. The maximum absolute atomic E-state index is 10.7. The predicted molar refractivity (Wildman–Crippen MR) is 56.3 cm³/mol. The summed E-state index contributed by atoms with van der Waals surface area (Å²) in [5.41, 5.74) is 0.351. The number of nitrogens with one attached hydrogen (secondary N) is 1. The van der Waals surface area contributed by atoms with Crippen molar-refractivity contribution in [1.29, 1.82) is 0 Å². The molecule has 0 unspecified atom stereocenters. The summed E-state index contributed by atoms with van der Waals surface area (Å²) in [4.78, 5) is 25.9. The van der Waals surface area contributed by atoms with Gasteiger partial charge in [0.1, 0.15) is 0 Å². The van der Waals surface area contributed by atoms with Crippen LogP contribution >= 0.6 is 27.3 Å². The molecule has 5 nitrogen and oxygen atoms in total. The van der Waals surface area contributed by atoms with Crippen molar-refractivity contribution in [1.82, 2.24) is 4.98 Å². The first-order valence-electron chi connectivity index (χ1n) is 3.38. The summed E-state index contributed by atoms with van der Waals surface area (Å²) in [6.45, 7) is 0. The van der Waals surface area contributed by atoms with Crippen molar-refractivity contribution in [2.24, 2.45) is 0 Å². The molecule has 1 aromatic heterocycles. The smallest absolute Gasteiger partial charge is 0.338 e. The third-order valence-corrected chi connectivity index (χ3v) is 2.53. The monoisotopic (exact) mass is 276 g/mol. The molecule has 0 fully saturated rings. The molecule has 2 N–H and O–H groups in total. The molecule has 7 heteroatoms. The number of thiazole rings is 1. The highest BCUT2D eigenvalue weighted by Crippen LogP contribution is 2.22. The van der Waals surface area contributed by atoms with Crippen molar-refractivity contribution in [2.45, 2.75) is 0 Å². The van der Waals surface area contributed by atoms with E-state index in [9.17, 15) is 9.59 Å². The molecule has 0 aliphatic rings. The second-order valence-electron chi connectivity index (χ2n) is 2.13. The average molecular weight is 277 g/mol. The predicted octanol–water partition coefficient (Wildman–Crippen LogP) is 1.53. The van der Waals surface area contributed by atoms with Gasteiger partial charge in [0.25, 0.3) is 0 Å². The lowest BCUT2D eigenvalue weighted by Crippen LogP contribution is -2.00. The van der Waals surface area contributed by atoms with E-state index in [0.29, 0.717) is 17.2 Å². The Labute approximate surface area is 91.6 Å². The minimum atomic E-state index is -1.08. The van der Waals surface area contributed by atoms with E-state index in [4.69, 9.17) is 5.11 Å². The summed E-state index contributed by atoms with van der Waals surface area (Å²) in [6.07, 6.45) is 0.487. The maximum atomic E-state index is 10.7. The molecule has 0 spiro atoms. The Morgan fingerprint density at radius 2 is 2.43 bits per heavy atom. The van der Waals surface area contributed by atoms with Gasteiger partial charge in [-0.2, -0.15) is 0 Å². The number of carbonyl (C=O) groups is 2. The lowest BCUT2D eigenvalue weighted by Gasteiger charge is -1.94. The molecule has 0 saturated carbocycles. The van der Waals surface area contributed by atoms with Gasteiger partial charge in [0.05, 0.1) is 11.3 Å². The fourth-order valence-electron chi connectivity index (χ4n) is 0.726. The fraction of sp³-hybridized carbons (Fsp3) is 0.